The Hall–Kier alpha value is -0.250. The fourth-order valence-corrected chi connectivity index (χ4v) is 2.90. The van der Waals surface area contributed by atoms with Crippen LogP contribution in [0.25, 0.3) is 0 Å². The van der Waals surface area contributed by atoms with Gasteiger partial charge in [-0.25, -0.2) is 4.39 Å². The van der Waals surface area contributed by atoms with Gasteiger partial charge in [0.1, 0.15) is 5.82 Å². The van der Waals surface area contributed by atoms with E-state index in [1.165, 1.54) is 0 Å². The molecule has 1 N–H and O–H groups in total. The number of rotatable bonds is 1. The van der Waals surface area contributed by atoms with Crippen LogP contribution < -0.4 is 5.32 Å². The number of thioether (sulfide) groups is 1. The predicted octanol–water partition coefficient (Wildman–Crippen LogP) is 3.02. The molecule has 0 aliphatic carbocycles. The fraction of sp³-hybridized carbons (Fsp3) is 0.455. The maximum absolute atomic E-state index is 13.5. The molecule has 2 rings (SSSR count). The second-order valence-corrected chi connectivity index (χ2v) is 4.73. The summed E-state index contributed by atoms with van der Waals surface area (Å²) >= 11 is 1.85. The van der Waals surface area contributed by atoms with Crippen LogP contribution in [0, 0.1) is 5.82 Å². The third kappa shape index (κ3) is 3.37. The van der Waals surface area contributed by atoms with E-state index < -0.39 is 0 Å². The maximum atomic E-state index is 13.5. The summed E-state index contributed by atoms with van der Waals surface area (Å²) < 4.78 is 13.5. The van der Waals surface area contributed by atoms with Crippen molar-refractivity contribution in [3.63, 3.8) is 0 Å². The molecule has 1 saturated heterocycles. The van der Waals surface area contributed by atoms with E-state index in [9.17, 15) is 4.39 Å². The molecule has 0 saturated carbocycles. The Morgan fingerprint density at radius 2 is 2.07 bits per heavy atom. The van der Waals surface area contributed by atoms with Gasteiger partial charge in [-0.05, 0) is 19.0 Å². The second-order valence-electron chi connectivity index (χ2n) is 3.42. The van der Waals surface area contributed by atoms with Gasteiger partial charge in [-0.1, -0.05) is 18.2 Å². The molecule has 0 radical (unpaired) electrons. The minimum absolute atomic E-state index is 0. The van der Waals surface area contributed by atoms with E-state index >= 15 is 0 Å². The highest BCUT2D eigenvalue weighted by atomic mass is 35.5. The average Bonchev–Trinajstić information content (AvgIpc) is 2.47. The topological polar surface area (TPSA) is 12.0 Å². The summed E-state index contributed by atoms with van der Waals surface area (Å²) in [6, 6.07) is 7.11. The summed E-state index contributed by atoms with van der Waals surface area (Å²) in [5, 5.41) is 3.65. The van der Waals surface area contributed by atoms with Gasteiger partial charge in [-0.2, -0.15) is 11.8 Å². The molecule has 1 unspecified atom stereocenters. The highest BCUT2D eigenvalue weighted by Crippen LogP contribution is 2.33. The lowest BCUT2D eigenvalue weighted by molar-refractivity contribution is 0.597. The Morgan fingerprint density at radius 3 is 2.87 bits per heavy atom. The van der Waals surface area contributed by atoms with Crippen molar-refractivity contribution in [3.8, 4) is 0 Å². The highest BCUT2D eigenvalue weighted by Gasteiger charge is 2.17. The smallest absolute Gasteiger partial charge is 0.127 e. The Balaban J connectivity index is 0.00000112. The van der Waals surface area contributed by atoms with Crippen molar-refractivity contribution in [1.29, 1.82) is 0 Å². The molecule has 0 amide bonds. The minimum atomic E-state index is -0.0631. The normalized spacial score (nSPS) is 21.5. The van der Waals surface area contributed by atoms with Gasteiger partial charge in [0.2, 0.25) is 0 Å². The molecule has 1 fully saturated rings. The van der Waals surface area contributed by atoms with Crippen molar-refractivity contribution in [1.82, 2.24) is 5.32 Å². The van der Waals surface area contributed by atoms with E-state index in [2.05, 4.69) is 5.32 Å². The SMILES string of the molecule is Cl.Fc1ccccc1C1CCNCCS1. The van der Waals surface area contributed by atoms with Crippen LogP contribution in [-0.4, -0.2) is 18.8 Å². The lowest BCUT2D eigenvalue weighted by atomic mass is 10.1. The molecule has 1 aromatic carbocycles. The van der Waals surface area contributed by atoms with Crippen molar-refractivity contribution < 1.29 is 4.39 Å². The van der Waals surface area contributed by atoms with Gasteiger partial charge >= 0.3 is 0 Å². The number of halogens is 2. The van der Waals surface area contributed by atoms with Gasteiger partial charge in [0.25, 0.3) is 0 Å². The molecule has 0 aromatic heterocycles. The van der Waals surface area contributed by atoms with E-state index in [1.807, 2.05) is 23.9 Å². The van der Waals surface area contributed by atoms with Crippen molar-refractivity contribution in [2.24, 2.45) is 0 Å². The zero-order valence-corrected chi connectivity index (χ0v) is 10.0. The van der Waals surface area contributed by atoms with E-state index in [0.29, 0.717) is 5.25 Å². The molecular formula is C11H15ClFNS. The first-order valence-corrected chi connectivity index (χ1v) is 5.99. The van der Waals surface area contributed by atoms with Gasteiger partial charge in [0, 0.05) is 23.1 Å². The van der Waals surface area contributed by atoms with Crippen LogP contribution >= 0.6 is 24.2 Å². The van der Waals surface area contributed by atoms with Crippen molar-refractivity contribution in [3.05, 3.63) is 35.6 Å². The first kappa shape index (κ1) is 12.8. The van der Waals surface area contributed by atoms with Crippen LogP contribution in [0.5, 0.6) is 0 Å². The summed E-state index contributed by atoms with van der Waals surface area (Å²) in [6.45, 7) is 2.03. The van der Waals surface area contributed by atoms with Crippen LogP contribution in [0.4, 0.5) is 4.39 Å². The summed E-state index contributed by atoms with van der Waals surface area (Å²) in [4.78, 5) is 0. The van der Waals surface area contributed by atoms with Gasteiger partial charge in [0.15, 0.2) is 0 Å². The van der Waals surface area contributed by atoms with E-state index in [0.717, 1.165) is 30.8 Å². The highest BCUT2D eigenvalue weighted by molar-refractivity contribution is 7.99. The third-order valence-corrected chi connectivity index (χ3v) is 3.77. The van der Waals surface area contributed by atoms with Crippen LogP contribution in [0.15, 0.2) is 24.3 Å². The van der Waals surface area contributed by atoms with E-state index in [4.69, 9.17) is 0 Å². The monoisotopic (exact) mass is 247 g/mol. The first-order chi connectivity index (χ1) is 6.88. The van der Waals surface area contributed by atoms with E-state index in [1.54, 1.807) is 12.1 Å². The molecule has 15 heavy (non-hydrogen) atoms. The molecule has 1 nitrogen and oxygen atoms in total. The molecule has 1 aliphatic rings. The maximum Gasteiger partial charge on any atom is 0.127 e. The lowest BCUT2D eigenvalue weighted by Crippen LogP contribution is -2.15. The molecule has 1 aromatic rings. The van der Waals surface area contributed by atoms with Gasteiger partial charge in [0.05, 0.1) is 0 Å². The number of benzene rings is 1. The van der Waals surface area contributed by atoms with Crippen LogP contribution in [-0.2, 0) is 0 Å². The van der Waals surface area contributed by atoms with Gasteiger partial charge in [-0.15, -0.1) is 12.4 Å². The number of hydrogen-bond donors (Lipinski definition) is 1. The molecule has 1 aliphatic heterocycles. The summed E-state index contributed by atoms with van der Waals surface area (Å²) in [5.74, 6) is 1.01. The van der Waals surface area contributed by atoms with Crippen LogP contribution in [0.2, 0.25) is 0 Å². The largest absolute Gasteiger partial charge is 0.316 e. The lowest BCUT2D eigenvalue weighted by Gasteiger charge is -2.13. The van der Waals surface area contributed by atoms with Crippen LogP contribution in [0.3, 0.4) is 0 Å². The zero-order chi connectivity index (χ0) is 9.80. The summed E-state index contributed by atoms with van der Waals surface area (Å²) in [5.41, 5.74) is 0.862. The Bertz CT molecular complexity index is 300. The van der Waals surface area contributed by atoms with Crippen molar-refractivity contribution in [2.45, 2.75) is 11.7 Å². The zero-order valence-electron chi connectivity index (χ0n) is 8.41. The average molecular weight is 248 g/mol. The number of hydrogen-bond acceptors (Lipinski definition) is 2. The molecule has 0 spiro atoms. The molecule has 84 valence electrons. The molecule has 1 heterocycles. The fourth-order valence-electron chi connectivity index (χ4n) is 1.70. The van der Waals surface area contributed by atoms with Crippen LogP contribution in [0.1, 0.15) is 17.2 Å². The quantitative estimate of drug-likeness (QED) is 0.819. The van der Waals surface area contributed by atoms with Gasteiger partial charge in [-0.3, -0.25) is 0 Å². The Labute approximate surface area is 100 Å². The standard InChI is InChI=1S/C11H14FNS.ClH/c12-10-4-2-1-3-9(10)11-5-6-13-7-8-14-11;/h1-4,11,13H,5-8H2;1H. The summed E-state index contributed by atoms with van der Waals surface area (Å²) in [6.07, 6.45) is 1.02. The molecular weight excluding hydrogens is 233 g/mol. The molecule has 4 heteroatoms. The Kier molecular flexibility index (Phi) is 5.43. The molecule has 1 atom stereocenters. The molecule has 0 bridgehead atoms. The third-order valence-electron chi connectivity index (χ3n) is 2.43. The summed E-state index contributed by atoms with van der Waals surface area (Å²) in [7, 11) is 0. The second kappa shape index (κ2) is 6.36. The van der Waals surface area contributed by atoms with Gasteiger partial charge < -0.3 is 5.32 Å². The minimum Gasteiger partial charge on any atom is -0.316 e. The van der Waals surface area contributed by atoms with Crippen molar-refractivity contribution in [2.75, 3.05) is 18.8 Å². The number of nitrogens with one attached hydrogen (secondary N) is 1. The van der Waals surface area contributed by atoms with E-state index in [-0.39, 0.29) is 18.2 Å². The van der Waals surface area contributed by atoms with Crippen molar-refractivity contribution >= 4 is 24.2 Å². The first-order valence-electron chi connectivity index (χ1n) is 4.94. The Morgan fingerprint density at radius 1 is 1.27 bits per heavy atom. The predicted molar refractivity (Wildman–Crippen MR) is 66.3 cm³/mol.